The molecule has 2 aromatic carbocycles. The third-order valence-corrected chi connectivity index (χ3v) is 8.00. The molecule has 0 radical (unpaired) electrons. The van der Waals surface area contributed by atoms with Gasteiger partial charge < -0.3 is 19.4 Å². The van der Waals surface area contributed by atoms with Gasteiger partial charge in [0.2, 0.25) is 0 Å². The van der Waals surface area contributed by atoms with Crippen LogP contribution in [0.15, 0.2) is 42.5 Å². The molecule has 0 amide bonds. The number of aromatic nitrogens is 1. The molecule has 1 aliphatic heterocycles. The maximum Gasteiger partial charge on any atom is 1.00 e. The van der Waals surface area contributed by atoms with Crippen molar-refractivity contribution in [2.45, 2.75) is 71.7 Å². The summed E-state index contributed by atoms with van der Waals surface area (Å²) in [5, 5.41) is 14.1. The quantitative estimate of drug-likeness (QED) is 0.394. The second-order valence-electron chi connectivity index (χ2n) is 10.8. The van der Waals surface area contributed by atoms with Crippen molar-refractivity contribution in [3.05, 3.63) is 59.2 Å². The van der Waals surface area contributed by atoms with Crippen LogP contribution >= 0.6 is 11.3 Å². The smallest absolute Gasteiger partial charge is 0.545 e. The number of nitrogens with zero attached hydrogens (tertiary/aromatic N) is 1. The monoisotopic (exact) mass is 511 g/mol. The van der Waals surface area contributed by atoms with Crippen molar-refractivity contribution in [2.75, 3.05) is 0 Å². The van der Waals surface area contributed by atoms with E-state index in [9.17, 15) is 9.90 Å². The van der Waals surface area contributed by atoms with Crippen LogP contribution in [0.4, 0.5) is 0 Å². The topological polar surface area (TPSA) is 71.5 Å². The first-order chi connectivity index (χ1) is 16.4. The molecule has 0 bridgehead atoms. The molecule has 1 fully saturated rings. The zero-order valence-corrected chi connectivity index (χ0v) is 24.8. The number of carboxylic acid groups (broad SMARTS) is 1. The molecule has 1 aliphatic rings. The van der Waals surface area contributed by atoms with Crippen molar-refractivity contribution in [3.63, 3.8) is 0 Å². The first kappa shape index (κ1) is 27.1. The van der Waals surface area contributed by atoms with Crippen LogP contribution in [0.3, 0.4) is 0 Å². The number of aryl methyl sites for hydroxylation is 2. The Kier molecular flexibility index (Phi) is 7.32. The molecule has 0 N–H and O–H groups in total. The van der Waals surface area contributed by atoms with Gasteiger partial charge in [0, 0.05) is 23.1 Å². The largest absolute Gasteiger partial charge is 1.00 e. The Balaban J connectivity index is 0.00000304. The van der Waals surface area contributed by atoms with E-state index < -0.39 is 5.97 Å². The minimum absolute atomic E-state index is 0. The van der Waals surface area contributed by atoms with Gasteiger partial charge >= 0.3 is 29.6 Å². The number of fused-ring (bicyclic) bond motifs is 2. The predicted octanol–water partition coefficient (Wildman–Crippen LogP) is 3.22. The molecule has 5 rings (SSSR count). The fourth-order valence-corrected chi connectivity index (χ4v) is 6.67. The van der Waals surface area contributed by atoms with Gasteiger partial charge in [-0.05, 0) is 76.3 Å². The maximum absolute atomic E-state index is 12.4. The van der Waals surface area contributed by atoms with E-state index in [0.717, 1.165) is 26.1 Å². The SMILES string of the molecule is Cc1c(-c2cc(C(=O)[O-])c3c(OC4CC(C)(C)OC(C)(C)C4)ccc(C)c3n2)sc2ccccc12.[Na+]. The van der Waals surface area contributed by atoms with E-state index in [1.165, 1.54) is 0 Å². The molecule has 0 aliphatic carbocycles. The van der Waals surface area contributed by atoms with E-state index >= 15 is 0 Å². The average Bonchev–Trinajstić information content (AvgIpc) is 3.09. The van der Waals surface area contributed by atoms with Crippen molar-refractivity contribution in [2.24, 2.45) is 0 Å². The Labute approximate surface area is 238 Å². The van der Waals surface area contributed by atoms with Crippen LogP contribution in [0, 0.1) is 13.8 Å². The number of carboxylic acids is 1. The van der Waals surface area contributed by atoms with Crippen molar-refractivity contribution in [1.82, 2.24) is 4.98 Å². The van der Waals surface area contributed by atoms with Crippen molar-refractivity contribution >= 4 is 38.3 Å². The molecule has 2 aromatic heterocycles. The number of pyridine rings is 1. The Morgan fingerprint density at radius 2 is 1.75 bits per heavy atom. The van der Waals surface area contributed by atoms with Gasteiger partial charge in [0.15, 0.2) is 0 Å². The molecule has 0 saturated carbocycles. The minimum Gasteiger partial charge on any atom is -0.545 e. The number of hydrogen-bond acceptors (Lipinski definition) is 6. The second kappa shape index (κ2) is 9.73. The van der Waals surface area contributed by atoms with Gasteiger partial charge in [-0.2, -0.15) is 0 Å². The predicted molar refractivity (Wildman–Crippen MR) is 139 cm³/mol. The zero-order chi connectivity index (χ0) is 25.1. The summed E-state index contributed by atoms with van der Waals surface area (Å²) in [6.45, 7) is 12.2. The molecular weight excluding hydrogens is 481 g/mol. The Hall–Kier alpha value is -1.96. The van der Waals surface area contributed by atoms with Crippen LogP contribution in [0.2, 0.25) is 0 Å². The summed E-state index contributed by atoms with van der Waals surface area (Å²) in [6, 6.07) is 13.6. The minimum atomic E-state index is -1.24. The van der Waals surface area contributed by atoms with Crippen LogP contribution in [0.25, 0.3) is 31.6 Å². The van der Waals surface area contributed by atoms with Gasteiger partial charge in [0.05, 0.1) is 38.6 Å². The third kappa shape index (κ3) is 5.07. The van der Waals surface area contributed by atoms with E-state index in [1.54, 1.807) is 17.4 Å². The number of rotatable bonds is 4. The number of carbonyl (C=O) groups excluding carboxylic acids is 1. The molecule has 1 saturated heterocycles. The average molecular weight is 512 g/mol. The summed E-state index contributed by atoms with van der Waals surface area (Å²) in [6.07, 6.45) is 1.30. The van der Waals surface area contributed by atoms with E-state index in [-0.39, 0.29) is 52.4 Å². The first-order valence-electron chi connectivity index (χ1n) is 12.0. The van der Waals surface area contributed by atoms with Crippen LogP contribution in [0.1, 0.15) is 62.0 Å². The van der Waals surface area contributed by atoms with Gasteiger partial charge in [0.25, 0.3) is 0 Å². The normalized spacial score (nSPS) is 17.2. The molecule has 3 heterocycles. The zero-order valence-electron chi connectivity index (χ0n) is 22.0. The van der Waals surface area contributed by atoms with Gasteiger partial charge in [0.1, 0.15) is 11.9 Å². The molecule has 0 unspecified atom stereocenters. The van der Waals surface area contributed by atoms with Crippen LogP contribution in [-0.2, 0) is 4.74 Å². The number of benzene rings is 2. The fraction of sp³-hybridized carbons (Fsp3) is 0.379. The van der Waals surface area contributed by atoms with Crippen molar-refractivity contribution < 1.29 is 48.9 Å². The van der Waals surface area contributed by atoms with Crippen molar-refractivity contribution in [3.8, 4) is 16.3 Å². The van der Waals surface area contributed by atoms with E-state index in [2.05, 4.69) is 46.8 Å². The fourth-order valence-electron chi connectivity index (χ4n) is 5.50. The number of carbonyl (C=O) groups is 1. The molecule has 182 valence electrons. The second-order valence-corrected chi connectivity index (χ2v) is 11.8. The summed E-state index contributed by atoms with van der Waals surface area (Å²) in [4.78, 5) is 18.3. The molecule has 5 nitrogen and oxygen atoms in total. The molecule has 4 aromatic rings. The summed E-state index contributed by atoms with van der Waals surface area (Å²) in [5.41, 5.74) is 2.68. The van der Waals surface area contributed by atoms with Gasteiger partial charge in [-0.1, -0.05) is 24.3 Å². The van der Waals surface area contributed by atoms with Gasteiger partial charge in [-0.25, -0.2) is 4.98 Å². The summed E-state index contributed by atoms with van der Waals surface area (Å²) < 4.78 is 13.8. The standard InChI is InChI=1S/C29H31NO4S.Na/c1-16-11-12-22(33-18-14-28(3,4)34-29(5,6)15-18)24-20(27(31)32)13-21(30-25(16)24)26-17(2)19-9-7-8-10-23(19)35-26;/h7-13,18H,14-15H2,1-6H3,(H,31,32);/q;+1/p-1. The van der Waals surface area contributed by atoms with Crippen LogP contribution in [0.5, 0.6) is 5.75 Å². The first-order valence-corrected chi connectivity index (χ1v) is 12.8. The van der Waals surface area contributed by atoms with E-state index in [4.69, 9.17) is 14.5 Å². The Morgan fingerprint density at radius 1 is 1.08 bits per heavy atom. The molecule has 0 atom stereocenters. The van der Waals surface area contributed by atoms with Gasteiger partial charge in [-0.15, -0.1) is 11.3 Å². The van der Waals surface area contributed by atoms with E-state index in [1.807, 2.05) is 31.2 Å². The third-order valence-electron chi connectivity index (χ3n) is 6.71. The molecule has 36 heavy (non-hydrogen) atoms. The molecular formula is C29H30NNaO4S. The Morgan fingerprint density at radius 3 is 2.39 bits per heavy atom. The number of hydrogen-bond donors (Lipinski definition) is 0. The van der Waals surface area contributed by atoms with Gasteiger partial charge in [-0.3, -0.25) is 0 Å². The van der Waals surface area contributed by atoms with Crippen molar-refractivity contribution in [1.29, 1.82) is 0 Å². The van der Waals surface area contributed by atoms with E-state index in [0.29, 0.717) is 35.2 Å². The summed E-state index contributed by atoms with van der Waals surface area (Å²) in [5.74, 6) is -0.712. The molecule has 0 spiro atoms. The Bertz CT molecular complexity index is 1460. The number of aromatic carboxylic acids is 1. The maximum atomic E-state index is 12.4. The number of thiophene rings is 1. The van der Waals surface area contributed by atoms with Crippen LogP contribution < -0.4 is 39.4 Å². The summed E-state index contributed by atoms with van der Waals surface area (Å²) >= 11 is 1.62. The molecule has 7 heteroatoms. The van der Waals surface area contributed by atoms with Crippen LogP contribution in [-0.4, -0.2) is 28.3 Å². The summed E-state index contributed by atoms with van der Waals surface area (Å²) in [7, 11) is 0. The number of ether oxygens (including phenoxy) is 2.